The van der Waals surface area contributed by atoms with Crippen molar-refractivity contribution in [3.05, 3.63) is 70.9 Å². The van der Waals surface area contributed by atoms with E-state index in [0.29, 0.717) is 10.8 Å². The van der Waals surface area contributed by atoms with Crippen molar-refractivity contribution in [3.63, 3.8) is 0 Å². The second-order valence-electron chi connectivity index (χ2n) is 8.42. The summed E-state index contributed by atoms with van der Waals surface area (Å²) in [6, 6.07) is 17.2. The van der Waals surface area contributed by atoms with Gasteiger partial charge < -0.3 is 19.8 Å². The van der Waals surface area contributed by atoms with E-state index < -0.39 is 0 Å². The number of aromatic nitrogens is 1. The van der Waals surface area contributed by atoms with Gasteiger partial charge in [-0.1, -0.05) is 35.3 Å². The third kappa shape index (κ3) is 5.50. The fraction of sp³-hybridized carbons (Fsp3) is 0.360. The van der Waals surface area contributed by atoms with Crippen molar-refractivity contribution in [2.24, 2.45) is 0 Å². The number of nitrogens with zero attached hydrogens (tertiary/aromatic N) is 2. The van der Waals surface area contributed by atoms with Crippen LogP contribution in [0, 0.1) is 0 Å². The zero-order chi connectivity index (χ0) is 22.5. The van der Waals surface area contributed by atoms with Crippen LogP contribution < -0.4 is 5.32 Å². The van der Waals surface area contributed by atoms with Crippen molar-refractivity contribution >= 4 is 17.5 Å². The highest BCUT2D eigenvalue weighted by Crippen LogP contribution is 2.33. The number of phenols is 1. The molecule has 1 amide bonds. The number of benzene rings is 2. The maximum Gasteiger partial charge on any atom is 0.273 e. The molecule has 1 aromatic heterocycles. The monoisotopic (exact) mass is 453 g/mol. The van der Waals surface area contributed by atoms with Crippen molar-refractivity contribution in [1.29, 1.82) is 0 Å². The Bertz CT molecular complexity index is 1030. The third-order valence-corrected chi connectivity index (χ3v) is 6.55. The van der Waals surface area contributed by atoms with E-state index in [-0.39, 0.29) is 23.9 Å². The zero-order valence-electron chi connectivity index (χ0n) is 18.1. The number of hydrogen-bond donors (Lipinski definition) is 2. The van der Waals surface area contributed by atoms with Gasteiger partial charge in [0.15, 0.2) is 11.5 Å². The molecule has 2 aromatic carbocycles. The molecule has 2 fully saturated rings. The molecule has 5 rings (SSSR count). The average molecular weight is 454 g/mol. The maximum absolute atomic E-state index is 12.1. The van der Waals surface area contributed by atoms with Crippen molar-refractivity contribution in [2.75, 3.05) is 7.05 Å². The first-order valence-corrected chi connectivity index (χ1v) is 11.4. The van der Waals surface area contributed by atoms with Crippen LogP contribution in [0.25, 0.3) is 11.3 Å². The van der Waals surface area contributed by atoms with Gasteiger partial charge in [-0.05, 0) is 74.7 Å². The van der Waals surface area contributed by atoms with Gasteiger partial charge in [0.1, 0.15) is 5.75 Å². The van der Waals surface area contributed by atoms with Crippen LogP contribution in [0.2, 0.25) is 5.02 Å². The lowest BCUT2D eigenvalue weighted by Gasteiger charge is -2.30. The van der Waals surface area contributed by atoms with Crippen LogP contribution in [-0.4, -0.2) is 40.2 Å². The lowest BCUT2D eigenvalue weighted by Crippen LogP contribution is -2.35. The molecule has 2 saturated heterocycles. The quantitative estimate of drug-likeness (QED) is 0.563. The van der Waals surface area contributed by atoms with E-state index in [0.717, 1.165) is 23.2 Å². The molecule has 2 aliphatic rings. The number of piperidine rings is 1. The van der Waals surface area contributed by atoms with Crippen LogP contribution in [0.4, 0.5) is 0 Å². The van der Waals surface area contributed by atoms with Gasteiger partial charge in [0.05, 0.1) is 0 Å². The molecule has 168 valence electrons. The van der Waals surface area contributed by atoms with E-state index in [9.17, 15) is 9.90 Å². The molecule has 3 aromatic rings. The van der Waals surface area contributed by atoms with Crippen molar-refractivity contribution in [2.45, 2.75) is 50.7 Å². The Morgan fingerprint density at radius 3 is 2.50 bits per heavy atom. The van der Waals surface area contributed by atoms with Gasteiger partial charge in [-0.15, -0.1) is 0 Å². The highest BCUT2D eigenvalue weighted by Gasteiger charge is 2.33. The summed E-state index contributed by atoms with van der Waals surface area (Å²) in [5, 5.41) is 16.5. The maximum atomic E-state index is 12.1. The lowest BCUT2D eigenvalue weighted by atomic mass is 10.0. The summed E-state index contributed by atoms with van der Waals surface area (Å²) in [5.74, 6) is 0.296. The van der Waals surface area contributed by atoms with Crippen molar-refractivity contribution in [3.8, 4) is 17.1 Å². The summed E-state index contributed by atoms with van der Waals surface area (Å²) < 4.78 is 5.19. The van der Waals surface area contributed by atoms with Crippen LogP contribution >= 0.6 is 11.6 Å². The van der Waals surface area contributed by atoms with Gasteiger partial charge in [0, 0.05) is 35.3 Å². The van der Waals surface area contributed by atoms with Gasteiger partial charge in [0.2, 0.25) is 0 Å². The second-order valence-corrected chi connectivity index (χ2v) is 8.85. The number of rotatable bonds is 4. The van der Waals surface area contributed by atoms with Gasteiger partial charge >= 0.3 is 0 Å². The topological polar surface area (TPSA) is 78.6 Å². The van der Waals surface area contributed by atoms with E-state index in [1.807, 2.05) is 6.07 Å². The van der Waals surface area contributed by atoms with Crippen molar-refractivity contribution in [1.82, 2.24) is 15.4 Å². The van der Waals surface area contributed by atoms with E-state index in [2.05, 4.69) is 22.4 Å². The minimum Gasteiger partial charge on any atom is -0.508 e. The van der Waals surface area contributed by atoms with Crippen LogP contribution in [0.1, 0.15) is 48.2 Å². The van der Waals surface area contributed by atoms with Gasteiger partial charge in [0.25, 0.3) is 5.91 Å². The molecule has 0 aliphatic carbocycles. The van der Waals surface area contributed by atoms with Crippen LogP contribution in [-0.2, 0) is 6.54 Å². The largest absolute Gasteiger partial charge is 0.508 e. The Morgan fingerprint density at radius 1 is 1.12 bits per heavy atom. The molecule has 7 heteroatoms. The number of halogens is 1. The smallest absolute Gasteiger partial charge is 0.273 e. The molecule has 3 heterocycles. The summed E-state index contributed by atoms with van der Waals surface area (Å²) in [4.78, 5) is 14.7. The summed E-state index contributed by atoms with van der Waals surface area (Å²) >= 11 is 5.84. The fourth-order valence-electron chi connectivity index (χ4n) is 4.45. The molecule has 2 unspecified atom stereocenters. The summed E-state index contributed by atoms with van der Waals surface area (Å²) in [6.07, 6.45) is 7.36. The first-order valence-electron chi connectivity index (χ1n) is 11.0. The number of carbonyl (C=O) groups excluding carboxylic acids is 1. The molecular formula is C25H28ClN3O3. The predicted molar refractivity (Wildman–Crippen MR) is 125 cm³/mol. The molecule has 2 N–H and O–H groups in total. The molecule has 0 saturated carbocycles. The number of amides is 1. The van der Waals surface area contributed by atoms with Crippen molar-refractivity contribution < 1.29 is 14.4 Å². The minimum absolute atomic E-state index is 0.156. The average Bonchev–Trinajstić information content (AvgIpc) is 3.33. The molecular weight excluding hydrogens is 426 g/mol. The third-order valence-electron chi connectivity index (χ3n) is 6.29. The molecule has 2 aliphatic heterocycles. The Morgan fingerprint density at radius 2 is 1.84 bits per heavy atom. The standard InChI is InChI=1S/C17H13ClN2O3.C8H15N/c18-13-6-4-12(5-7-13)16-9-15(20-23-16)17(22)19-10-11-2-1-3-14(21)8-11;1-9-7-3-2-4-8(9)6-5-7/h1-9,21H,10H2,(H,19,22);7-8H,2-6H2,1H3. The zero-order valence-corrected chi connectivity index (χ0v) is 18.9. The minimum atomic E-state index is -0.350. The summed E-state index contributed by atoms with van der Waals surface area (Å²) in [7, 11) is 2.29. The van der Waals surface area contributed by atoms with E-state index in [1.165, 1.54) is 32.1 Å². The van der Waals surface area contributed by atoms with Crippen LogP contribution in [0.3, 0.4) is 0 Å². The Labute approximate surface area is 193 Å². The van der Waals surface area contributed by atoms with Crippen LogP contribution in [0.5, 0.6) is 5.75 Å². The molecule has 2 atom stereocenters. The fourth-order valence-corrected chi connectivity index (χ4v) is 4.57. The second kappa shape index (κ2) is 10.2. The van der Waals surface area contributed by atoms with Crippen LogP contribution in [0.15, 0.2) is 59.1 Å². The highest BCUT2D eigenvalue weighted by atomic mass is 35.5. The van der Waals surface area contributed by atoms with Gasteiger partial charge in [-0.3, -0.25) is 4.79 Å². The van der Waals surface area contributed by atoms with Gasteiger partial charge in [-0.25, -0.2) is 0 Å². The Balaban J connectivity index is 0.000000225. The van der Waals surface area contributed by atoms with E-state index in [4.69, 9.17) is 16.1 Å². The van der Waals surface area contributed by atoms with E-state index >= 15 is 0 Å². The highest BCUT2D eigenvalue weighted by molar-refractivity contribution is 6.30. The molecule has 0 radical (unpaired) electrons. The number of hydrogen-bond acceptors (Lipinski definition) is 5. The normalized spacial score (nSPS) is 19.8. The molecule has 2 bridgehead atoms. The SMILES string of the molecule is CN1C2CCCC1CC2.O=C(NCc1cccc(O)c1)c1cc(-c2ccc(Cl)cc2)on1. The lowest BCUT2D eigenvalue weighted by molar-refractivity contribution is 0.0942. The first-order chi connectivity index (χ1) is 15.5. The molecule has 6 nitrogen and oxygen atoms in total. The number of carbonyl (C=O) groups is 1. The summed E-state index contributed by atoms with van der Waals surface area (Å²) in [5.41, 5.74) is 1.77. The first kappa shape index (κ1) is 22.4. The molecule has 32 heavy (non-hydrogen) atoms. The Kier molecular flexibility index (Phi) is 7.12. The number of aromatic hydroxyl groups is 1. The van der Waals surface area contributed by atoms with Gasteiger partial charge in [-0.2, -0.15) is 0 Å². The summed E-state index contributed by atoms with van der Waals surface area (Å²) in [6.45, 7) is 0.288. The van der Waals surface area contributed by atoms with E-state index in [1.54, 1.807) is 48.5 Å². The number of nitrogens with one attached hydrogen (secondary N) is 1. The Hall–Kier alpha value is -2.83. The number of phenolic OH excluding ortho intramolecular Hbond substituents is 1. The molecule has 0 spiro atoms. The predicted octanol–water partition coefficient (Wildman–Crippen LogP) is 5.26. The number of fused-ring (bicyclic) bond motifs is 2.